The standard InChI is InChI=1S/C19H32N4O2/c1-2-20-18(22-15-19(24)9-3-4-10-19)21-14-16(17-8-7-13-25-17)23-11-5-6-12-23/h7-8,13,16,24H,2-6,9-12,14-15H2,1H3,(H2,20,21,22). The summed E-state index contributed by atoms with van der Waals surface area (Å²) in [5.41, 5.74) is -0.613. The zero-order valence-electron chi connectivity index (χ0n) is 15.3. The van der Waals surface area contributed by atoms with Crippen LogP contribution in [0.25, 0.3) is 0 Å². The normalized spacial score (nSPS) is 22.2. The number of rotatable bonds is 7. The highest BCUT2D eigenvalue weighted by Crippen LogP contribution is 2.29. The number of likely N-dealkylation sites (tertiary alicyclic amines) is 1. The molecule has 2 fully saturated rings. The monoisotopic (exact) mass is 348 g/mol. The molecule has 6 nitrogen and oxygen atoms in total. The van der Waals surface area contributed by atoms with E-state index in [1.165, 1.54) is 12.8 Å². The molecule has 3 rings (SSSR count). The van der Waals surface area contributed by atoms with Crippen molar-refractivity contribution >= 4 is 5.96 Å². The fourth-order valence-corrected chi connectivity index (χ4v) is 3.90. The summed E-state index contributed by atoms with van der Waals surface area (Å²) in [5, 5.41) is 17.3. The minimum Gasteiger partial charge on any atom is -0.468 e. The molecule has 0 amide bonds. The molecule has 1 atom stereocenters. The molecule has 6 heteroatoms. The van der Waals surface area contributed by atoms with E-state index in [0.717, 1.165) is 63.6 Å². The van der Waals surface area contributed by atoms with Crippen LogP contribution in [0.2, 0.25) is 0 Å². The van der Waals surface area contributed by atoms with Crippen LogP contribution >= 0.6 is 0 Å². The molecular weight excluding hydrogens is 316 g/mol. The number of guanidine groups is 1. The van der Waals surface area contributed by atoms with Gasteiger partial charge in [0.05, 0.1) is 24.5 Å². The quantitative estimate of drug-likeness (QED) is 0.521. The summed E-state index contributed by atoms with van der Waals surface area (Å²) in [6.45, 7) is 6.31. The Hall–Kier alpha value is -1.53. The lowest BCUT2D eigenvalue weighted by atomic mass is 10.0. The molecule has 1 saturated carbocycles. The van der Waals surface area contributed by atoms with Gasteiger partial charge in [-0.2, -0.15) is 0 Å². The van der Waals surface area contributed by atoms with E-state index >= 15 is 0 Å². The van der Waals surface area contributed by atoms with Crippen LogP contribution in [0.3, 0.4) is 0 Å². The Labute approximate surface area is 150 Å². The second kappa shape index (κ2) is 8.72. The van der Waals surface area contributed by atoms with E-state index in [1.807, 2.05) is 6.07 Å². The SMILES string of the molecule is CCNC(=NCC1(O)CCCC1)NCC(c1ccco1)N1CCCC1. The fourth-order valence-electron chi connectivity index (χ4n) is 3.90. The van der Waals surface area contributed by atoms with Crippen molar-refractivity contribution in [1.29, 1.82) is 0 Å². The molecule has 1 aliphatic carbocycles. The molecule has 0 spiro atoms. The molecule has 1 aliphatic heterocycles. The summed E-state index contributed by atoms with van der Waals surface area (Å²) in [6.07, 6.45) is 8.17. The maximum absolute atomic E-state index is 10.5. The van der Waals surface area contributed by atoms with Crippen LogP contribution in [0.15, 0.2) is 27.8 Å². The van der Waals surface area contributed by atoms with Gasteiger partial charge in [0.2, 0.25) is 0 Å². The lowest BCUT2D eigenvalue weighted by molar-refractivity contribution is 0.0574. The summed E-state index contributed by atoms with van der Waals surface area (Å²) in [7, 11) is 0. The molecule has 2 heterocycles. The summed E-state index contributed by atoms with van der Waals surface area (Å²) in [4.78, 5) is 7.11. The lowest BCUT2D eigenvalue weighted by Gasteiger charge is -2.27. The Balaban J connectivity index is 1.61. The van der Waals surface area contributed by atoms with Crippen LogP contribution in [-0.2, 0) is 0 Å². The zero-order valence-corrected chi connectivity index (χ0v) is 15.3. The first kappa shape index (κ1) is 18.3. The minimum atomic E-state index is -0.613. The predicted octanol–water partition coefficient (Wildman–Crippen LogP) is 2.28. The summed E-state index contributed by atoms with van der Waals surface area (Å²) >= 11 is 0. The predicted molar refractivity (Wildman–Crippen MR) is 99.7 cm³/mol. The highest BCUT2D eigenvalue weighted by Gasteiger charge is 2.31. The zero-order chi connectivity index (χ0) is 17.5. The van der Waals surface area contributed by atoms with E-state index in [1.54, 1.807) is 6.26 Å². The summed E-state index contributed by atoms with van der Waals surface area (Å²) in [6, 6.07) is 4.22. The summed E-state index contributed by atoms with van der Waals surface area (Å²) < 4.78 is 5.68. The highest BCUT2D eigenvalue weighted by atomic mass is 16.3. The minimum absolute atomic E-state index is 0.218. The first-order valence-electron chi connectivity index (χ1n) is 9.72. The van der Waals surface area contributed by atoms with E-state index in [2.05, 4.69) is 33.5 Å². The van der Waals surface area contributed by atoms with Crippen LogP contribution in [0.5, 0.6) is 0 Å². The van der Waals surface area contributed by atoms with Gasteiger partial charge in [-0.15, -0.1) is 0 Å². The van der Waals surface area contributed by atoms with Gasteiger partial charge in [0.15, 0.2) is 5.96 Å². The Morgan fingerprint density at radius 3 is 2.68 bits per heavy atom. The molecule has 0 aromatic carbocycles. The van der Waals surface area contributed by atoms with Gasteiger partial charge < -0.3 is 20.2 Å². The van der Waals surface area contributed by atoms with Crippen LogP contribution in [0, 0.1) is 0 Å². The molecular formula is C19H32N4O2. The number of aliphatic imine (C=N–C) groups is 1. The number of furan rings is 1. The molecule has 1 unspecified atom stereocenters. The van der Waals surface area contributed by atoms with Crippen molar-refractivity contribution in [1.82, 2.24) is 15.5 Å². The molecule has 1 aromatic heterocycles. The van der Waals surface area contributed by atoms with Crippen LogP contribution in [0.4, 0.5) is 0 Å². The van der Waals surface area contributed by atoms with E-state index < -0.39 is 5.60 Å². The number of hydrogen-bond acceptors (Lipinski definition) is 4. The van der Waals surface area contributed by atoms with Crippen molar-refractivity contribution in [3.05, 3.63) is 24.2 Å². The topological polar surface area (TPSA) is 73.0 Å². The lowest BCUT2D eigenvalue weighted by Crippen LogP contribution is -2.43. The number of nitrogens with zero attached hydrogens (tertiary/aromatic N) is 2. The largest absolute Gasteiger partial charge is 0.468 e. The van der Waals surface area contributed by atoms with Gasteiger partial charge in [-0.3, -0.25) is 9.89 Å². The third kappa shape index (κ3) is 4.98. The number of hydrogen-bond donors (Lipinski definition) is 3. The molecule has 0 radical (unpaired) electrons. The second-order valence-corrected chi connectivity index (χ2v) is 7.28. The Kier molecular flexibility index (Phi) is 6.37. The van der Waals surface area contributed by atoms with E-state index in [9.17, 15) is 5.11 Å². The third-order valence-corrected chi connectivity index (χ3v) is 5.33. The fraction of sp³-hybridized carbons (Fsp3) is 0.737. The number of nitrogens with one attached hydrogen (secondary N) is 2. The molecule has 1 aromatic rings. The van der Waals surface area contributed by atoms with E-state index in [-0.39, 0.29) is 6.04 Å². The van der Waals surface area contributed by atoms with Crippen molar-refractivity contribution in [2.24, 2.45) is 4.99 Å². The van der Waals surface area contributed by atoms with Gasteiger partial charge in [-0.1, -0.05) is 12.8 Å². The van der Waals surface area contributed by atoms with Gasteiger partial charge >= 0.3 is 0 Å². The van der Waals surface area contributed by atoms with Crippen molar-refractivity contribution in [2.75, 3.05) is 32.7 Å². The Morgan fingerprint density at radius 2 is 2.04 bits per heavy atom. The van der Waals surface area contributed by atoms with E-state index in [0.29, 0.717) is 6.54 Å². The smallest absolute Gasteiger partial charge is 0.191 e. The molecule has 3 N–H and O–H groups in total. The third-order valence-electron chi connectivity index (χ3n) is 5.33. The average Bonchev–Trinajstić information content (AvgIpc) is 3.36. The molecule has 25 heavy (non-hydrogen) atoms. The Morgan fingerprint density at radius 1 is 1.28 bits per heavy atom. The Bertz CT molecular complexity index is 532. The van der Waals surface area contributed by atoms with Crippen molar-refractivity contribution in [3.63, 3.8) is 0 Å². The summed E-state index contributed by atoms with van der Waals surface area (Å²) in [5.74, 6) is 1.78. The van der Waals surface area contributed by atoms with Crippen LogP contribution < -0.4 is 10.6 Å². The van der Waals surface area contributed by atoms with Crippen molar-refractivity contribution < 1.29 is 9.52 Å². The molecule has 1 saturated heterocycles. The number of aliphatic hydroxyl groups is 1. The molecule has 0 bridgehead atoms. The average molecular weight is 348 g/mol. The molecule has 140 valence electrons. The van der Waals surface area contributed by atoms with Crippen molar-refractivity contribution in [3.8, 4) is 0 Å². The molecule has 2 aliphatic rings. The van der Waals surface area contributed by atoms with Gasteiger partial charge in [0.1, 0.15) is 5.76 Å². The highest BCUT2D eigenvalue weighted by molar-refractivity contribution is 5.79. The first-order valence-corrected chi connectivity index (χ1v) is 9.72. The van der Waals surface area contributed by atoms with Crippen molar-refractivity contribution in [2.45, 2.75) is 57.1 Å². The van der Waals surface area contributed by atoms with Gasteiger partial charge in [0, 0.05) is 13.1 Å². The van der Waals surface area contributed by atoms with Gasteiger partial charge in [0.25, 0.3) is 0 Å². The second-order valence-electron chi connectivity index (χ2n) is 7.28. The maximum Gasteiger partial charge on any atom is 0.191 e. The van der Waals surface area contributed by atoms with Gasteiger partial charge in [-0.25, -0.2) is 0 Å². The van der Waals surface area contributed by atoms with Gasteiger partial charge in [-0.05, 0) is 57.8 Å². The maximum atomic E-state index is 10.5. The first-order chi connectivity index (χ1) is 12.2. The van der Waals surface area contributed by atoms with E-state index in [4.69, 9.17) is 4.42 Å². The van der Waals surface area contributed by atoms with Crippen LogP contribution in [-0.4, -0.2) is 54.3 Å². The van der Waals surface area contributed by atoms with Crippen LogP contribution in [0.1, 0.15) is 57.3 Å².